The van der Waals surface area contributed by atoms with Crippen LogP contribution in [0.3, 0.4) is 0 Å². The van der Waals surface area contributed by atoms with E-state index < -0.39 is 0 Å². The first-order chi connectivity index (χ1) is 9.29. The van der Waals surface area contributed by atoms with Gasteiger partial charge in [-0.1, -0.05) is 6.92 Å². The summed E-state index contributed by atoms with van der Waals surface area (Å²) in [5, 5.41) is 9.18. The molecule has 0 aliphatic carbocycles. The second kappa shape index (κ2) is 5.63. The molecule has 20 heavy (non-hydrogen) atoms. The van der Waals surface area contributed by atoms with Gasteiger partial charge in [-0.15, -0.1) is 0 Å². The van der Waals surface area contributed by atoms with E-state index in [-0.39, 0.29) is 17.2 Å². The van der Waals surface area contributed by atoms with Gasteiger partial charge in [0, 0.05) is 32.2 Å². The minimum atomic E-state index is -0.0783. The Balaban J connectivity index is 1.96. The molecule has 0 aromatic heterocycles. The highest BCUT2D eigenvalue weighted by Crippen LogP contribution is 2.40. The Labute approximate surface area is 123 Å². The Bertz CT molecular complexity index is 378. The molecule has 2 rings (SSSR count). The number of hydrogen-bond donors (Lipinski definition) is 0. The number of piperazine rings is 1. The minimum Gasteiger partial charge on any atom is -0.368 e. The van der Waals surface area contributed by atoms with Gasteiger partial charge in [-0.25, -0.2) is 0 Å². The SMILES string of the molecule is CCC(C#N)N1CCN(C2CC(C)(C)OC2(C)C)CC1. The van der Waals surface area contributed by atoms with E-state index in [9.17, 15) is 5.26 Å². The highest BCUT2D eigenvalue weighted by atomic mass is 16.5. The molecule has 2 unspecified atom stereocenters. The fraction of sp³-hybridized carbons (Fsp3) is 0.938. The van der Waals surface area contributed by atoms with Crippen molar-refractivity contribution in [3.05, 3.63) is 0 Å². The van der Waals surface area contributed by atoms with Crippen molar-refractivity contribution in [3.63, 3.8) is 0 Å². The molecule has 2 fully saturated rings. The van der Waals surface area contributed by atoms with Crippen LogP contribution in [0, 0.1) is 11.3 Å². The van der Waals surface area contributed by atoms with Crippen LogP contribution in [-0.4, -0.2) is 59.3 Å². The molecule has 2 saturated heterocycles. The largest absolute Gasteiger partial charge is 0.368 e. The molecule has 2 heterocycles. The lowest BCUT2D eigenvalue weighted by atomic mass is 9.92. The van der Waals surface area contributed by atoms with Crippen molar-refractivity contribution in [1.82, 2.24) is 9.80 Å². The average Bonchev–Trinajstić information content (AvgIpc) is 2.60. The van der Waals surface area contributed by atoms with Crippen molar-refractivity contribution in [2.45, 2.75) is 70.7 Å². The normalized spacial score (nSPS) is 31.9. The van der Waals surface area contributed by atoms with Crippen molar-refractivity contribution >= 4 is 0 Å². The van der Waals surface area contributed by atoms with E-state index in [0.29, 0.717) is 6.04 Å². The summed E-state index contributed by atoms with van der Waals surface area (Å²) in [7, 11) is 0. The van der Waals surface area contributed by atoms with Crippen molar-refractivity contribution in [1.29, 1.82) is 5.26 Å². The van der Waals surface area contributed by atoms with Gasteiger partial charge in [0.15, 0.2) is 0 Å². The number of rotatable bonds is 3. The number of nitrogens with zero attached hydrogens (tertiary/aromatic N) is 3. The molecule has 0 saturated carbocycles. The molecule has 0 spiro atoms. The zero-order valence-electron chi connectivity index (χ0n) is 13.6. The minimum absolute atomic E-state index is 0.0239. The van der Waals surface area contributed by atoms with Crippen molar-refractivity contribution < 1.29 is 4.74 Å². The molecule has 4 heteroatoms. The summed E-state index contributed by atoms with van der Waals surface area (Å²) in [4.78, 5) is 4.89. The summed E-state index contributed by atoms with van der Waals surface area (Å²) < 4.78 is 6.21. The van der Waals surface area contributed by atoms with Crippen LogP contribution < -0.4 is 0 Å². The van der Waals surface area contributed by atoms with Gasteiger partial charge in [-0.05, 0) is 40.5 Å². The maximum Gasteiger partial charge on any atom is 0.0976 e. The van der Waals surface area contributed by atoms with Gasteiger partial charge in [0.1, 0.15) is 0 Å². The van der Waals surface area contributed by atoms with Crippen LogP contribution in [0.25, 0.3) is 0 Å². The Morgan fingerprint density at radius 3 is 2.20 bits per heavy atom. The van der Waals surface area contributed by atoms with Gasteiger partial charge >= 0.3 is 0 Å². The molecule has 0 aromatic carbocycles. The molecule has 0 amide bonds. The van der Waals surface area contributed by atoms with E-state index in [4.69, 9.17) is 4.74 Å². The molecule has 4 nitrogen and oxygen atoms in total. The summed E-state index contributed by atoms with van der Waals surface area (Å²) in [6.07, 6.45) is 2.01. The van der Waals surface area contributed by atoms with Gasteiger partial charge < -0.3 is 4.74 Å². The summed E-state index contributed by atoms with van der Waals surface area (Å²) in [6.45, 7) is 15.0. The van der Waals surface area contributed by atoms with Crippen LogP contribution in [0.1, 0.15) is 47.5 Å². The van der Waals surface area contributed by atoms with E-state index in [2.05, 4.69) is 50.5 Å². The quantitative estimate of drug-likeness (QED) is 0.794. The first-order valence-electron chi connectivity index (χ1n) is 7.87. The third-order valence-electron chi connectivity index (χ3n) is 4.79. The highest BCUT2D eigenvalue weighted by Gasteiger charge is 2.48. The second-order valence-electron chi connectivity index (χ2n) is 7.31. The van der Waals surface area contributed by atoms with E-state index in [1.54, 1.807) is 0 Å². The fourth-order valence-electron chi connectivity index (χ4n) is 3.89. The maximum atomic E-state index is 9.18. The van der Waals surface area contributed by atoms with Gasteiger partial charge in [-0.2, -0.15) is 5.26 Å². The lowest BCUT2D eigenvalue weighted by molar-refractivity contribution is -0.0839. The Morgan fingerprint density at radius 1 is 1.20 bits per heavy atom. The lowest BCUT2D eigenvalue weighted by Crippen LogP contribution is -2.56. The molecular weight excluding hydrogens is 250 g/mol. The van der Waals surface area contributed by atoms with E-state index in [1.165, 1.54) is 0 Å². The summed E-state index contributed by atoms with van der Waals surface area (Å²) in [5.74, 6) is 0. The zero-order chi connectivity index (χ0) is 15.0. The lowest BCUT2D eigenvalue weighted by Gasteiger charge is -2.42. The van der Waals surface area contributed by atoms with Gasteiger partial charge in [0.2, 0.25) is 0 Å². The second-order valence-corrected chi connectivity index (χ2v) is 7.31. The van der Waals surface area contributed by atoms with Crippen molar-refractivity contribution in [2.75, 3.05) is 26.2 Å². The fourth-order valence-corrected chi connectivity index (χ4v) is 3.89. The van der Waals surface area contributed by atoms with Crippen molar-refractivity contribution in [3.8, 4) is 6.07 Å². The molecule has 0 aromatic rings. The van der Waals surface area contributed by atoms with Gasteiger partial charge in [0.05, 0.1) is 23.3 Å². The number of hydrogen-bond acceptors (Lipinski definition) is 4. The monoisotopic (exact) mass is 279 g/mol. The first kappa shape index (κ1) is 15.8. The maximum absolute atomic E-state index is 9.18. The van der Waals surface area contributed by atoms with Crippen LogP contribution >= 0.6 is 0 Å². The standard InChI is InChI=1S/C16H29N3O/c1-6-13(12-17)18-7-9-19(10-8-18)14-11-15(2,3)20-16(14,4)5/h13-14H,6-11H2,1-5H3. The first-order valence-corrected chi connectivity index (χ1v) is 7.87. The predicted octanol–water partition coefficient (Wildman–Crippen LogP) is 2.25. The van der Waals surface area contributed by atoms with Crippen LogP contribution in [0.4, 0.5) is 0 Å². The van der Waals surface area contributed by atoms with E-state index >= 15 is 0 Å². The third-order valence-corrected chi connectivity index (χ3v) is 4.79. The molecule has 2 aliphatic rings. The number of nitriles is 1. The summed E-state index contributed by atoms with van der Waals surface area (Å²) in [6, 6.07) is 2.99. The number of ether oxygens (including phenoxy) is 1. The molecule has 0 N–H and O–H groups in total. The Kier molecular flexibility index (Phi) is 4.44. The third kappa shape index (κ3) is 3.16. The molecule has 0 bridgehead atoms. The Morgan fingerprint density at radius 2 is 1.80 bits per heavy atom. The average molecular weight is 279 g/mol. The van der Waals surface area contributed by atoms with Crippen LogP contribution in [0.15, 0.2) is 0 Å². The van der Waals surface area contributed by atoms with Crippen LogP contribution in [0.5, 0.6) is 0 Å². The van der Waals surface area contributed by atoms with E-state index in [0.717, 1.165) is 39.0 Å². The molecular formula is C16H29N3O. The van der Waals surface area contributed by atoms with E-state index in [1.807, 2.05) is 0 Å². The summed E-state index contributed by atoms with van der Waals surface area (Å²) >= 11 is 0. The zero-order valence-corrected chi connectivity index (χ0v) is 13.6. The Hall–Kier alpha value is -0.630. The molecule has 2 atom stereocenters. The highest BCUT2D eigenvalue weighted by molar-refractivity contribution is 5.02. The predicted molar refractivity (Wildman–Crippen MR) is 80.5 cm³/mol. The van der Waals surface area contributed by atoms with Gasteiger partial charge in [0.25, 0.3) is 0 Å². The summed E-state index contributed by atoms with van der Waals surface area (Å²) in [5.41, 5.74) is -0.102. The topological polar surface area (TPSA) is 39.5 Å². The molecule has 2 aliphatic heterocycles. The van der Waals surface area contributed by atoms with Crippen LogP contribution in [-0.2, 0) is 4.74 Å². The van der Waals surface area contributed by atoms with Gasteiger partial charge in [-0.3, -0.25) is 9.80 Å². The molecule has 114 valence electrons. The van der Waals surface area contributed by atoms with Crippen molar-refractivity contribution in [2.24, 2.45) is 0 Å². The van der Waals surface area contributed by atoms with Crippen LogP contribution in [0.2, 0.25) is 0 Å². The molecule has 0 radical (unpaired) electrons. The smallest absolute Gasteiger partial charge is 0.0976 e.